The summed E-state index contributed by atoms with van der Waals surface area (Å²) in [6, 6.07) is 13.6. The minimum Gasteiger partial charge on any atom is -0.455 e. The van der Waals surface area contributed by atoms with E-state index < -0.39 is 0 Å². The van der Waals surface area contributed by atoms with Crippen molar-refractivity contribution >= 4 is 5.91 Å². The quantitative estimate of drug-likeness (QED) is 0.768. The van der Waals surface area contributed by atoms with Crippen LogP contribution >= 0.6 is 0 Å². The van der Waals surface area contributed by atoms with Gasteiger partial charge in [0.15, 0.2) is 5.76 Å². The van der Waals surface area contributed by atoms with Crippen LogP contribution in [0.2, 0.25) is 0 Å². The first-order valence-corrected chi connectivity index (χ1v) is 8.18. The van der Waals surface area contributed by atoms with Crippen molar-refractivity contribution in [2.75, 3.05) is 27.2 Å². The summed E-state index contributed by atoms with van der Waals surface area (Å²) in [7, 11) is 3.92. The topological polar surface area (TPSA) is 54.7 Å². The van der Waals surface area contributed by atoms with Crippen LogP contribution in [0.15, 0.2) is 46.9 Å². The summed E-state index contributed by atoms with van der Waals surface area (Å²) in [5.74, 6) is 1.18. The Labute approximate surface area is 143 Å². The van der Waals surface area contributed by atoms with Crippen molar-refractivity contribution in [3.63, 3.8) is 0 Å². The van der Waals surface area contributed by atoms with Gasteiger partial charge in [0.05, 0.1) is 19.8 Å². The third kappa shape index (κ3) is 6.18. The molecule has 1 aromatic heterocycles. The van der Waals surface area contributed by atoms with E-state index in [1.807, 2.05) is 62.3 Å². The number of rotatable bonds is 9. The van der Waals surface area contributed by atoms with Gasteiger partial charge in [-0.05, 0) is 37.7 Å². The van der Waals surface area contributed by atoms with Crippen LogP contribution in [0.5, 0.6) is 0 Å². The maximum Gasteiger partial charge on any atom is 0.287 e. The highest BCUT2D eigenvalue weighted by Gasteiger charge is 2.12. The van der Waals surface area contributed by atoms with Gasteiger partial charge in [-0.15, -0.1) is 0 Å². The Morgan fingerprint density at radius 2 is 1.96 bits per heavy atom. The minimum absolute atomic E-state index is 0.185. The van der Waals surface area contributed by atoms with Gasteiger partial charge in [0.25, 0.3) is 5.91 Å². The van der Waals surface area contributed by atoms with Crippen molar-refractivity contribution < 1.29 is 13.9 Å². The first-order chi connectivity index (χ1) is 11.5. The lowest BCUT2D eigenvalue weighted by molar-refractivity contribution is 0.0827. The van der Waals surface area contributed by atoms with Gasteiger partial charge in [-0.3, -0.25) is 4.79 Å². The van der Waals surface area contributed by atoms with Crippen molar-refractivity contribution in [2.45, 2.75) is 20.1 Å². The second kappa shape index (κ2) is 9.25. The molecule has 2 rings (SSSR count). The van der Waals surface area contributed by atoms with Crippen LogP contribution in [0, 0.1) is 5.92 Å². The molecule has 0 aliphatic rings. The first-order valence-electron chi connectivity index (χ1n) is 8.18. The van der Waals surface area contributed by atoms with Gasteiger partial charge >= 0.3 is 0 Å². The standard InChI is InChI=1S/C19H26N2O3/c1-15(13-23-14-16-7-5-4-6-8-16)11-20-19(22)18-10-9-17(24-18)12-21(2)3/h4-10,15H,11-14H2,1-3H3,(H,20,22)/t15-/m0/s1. The molecule has 5 heteroatoms. The van der Waals surface area contributed by atoms with Crippen molar-refractivity contribution in [3.8, 4) is 0 Å². The number of hydrogen-bond acceptors (Lipinski definition) is 4. The molecular weight excluding hydrogens is 304 g/mol. The zero-order valence-electron chi connectivity index (χ0n) is 14.6. The van der Waals surface area contributed by atoms with Gasteiger partial charge in [-0.25, -0.2) is 0 Å². The van der Waals surface area contributed by atoms with E-state index in [4.69, 9.17) is 9.15 Å². The number of ether oxygens (including phenoxy) is 1. The van der Waals surface area contributed by atoms with Crippen LogP contribution in [-0.4, -0.2) is 38.1 Å². The second-order valence-corrected chi connectivity index (χ2v) is 6.32. The molecule has 0 aliphatic carbocycles. The molecule has 2 aromatic rings. The molecule has 24 heavy (non-hydrogen) atoms. The molecule has 1 atom stereocenters. The van der Waals surface area contributed by atoms with E-state index in [0.29, 0.717) is 32.1 Å². The Morgan fingerprint density at radius 3 is 2.67 bits per heavy atom. The molecule has 1 N–H and O–H groups in total. The SMILES string of the molecule is C[C@@H](CNC(=O)c1ccc(CN(C)C)o1)COCc1ccccc1. The molecule has 1 amide bonds. The fourth-order valence-corrected chi connectivity index (χ4v) is 2.26. The number of benzene rings is 1. The van der Waals surface area contributed by atoms with Crippen LogP contribution in [0.4, 0.5) is 0 Å². The molecule has 0 saturated carbocycles. The molecule has 0 aliphatic heterocycles. The summed E-state index contributed by atoms with van der Waals surface area (Å²) in [6.45, 7) is 4.46. The molecular formula is C19H26N2O3. The summed E-state index contributed by atoms with van der Waals surface area (Å²) < 4.78 is 11.2. The largest absolute Gasteiger partial charge is 0.455 e. The second-order valence-electron chi connectivity index (χ2n) is 6.32. The highest BCUT2D eigenvalue weighted by Crippen LogP contribution is 2.09. The average molecular weight is 330 g/mol. The van der Waals surface area contributed by atoms with E-state index in [0.717, 1.165) is 11.3 Å². The normalized spacial score (nSPS) is 12.3. The van der Waals surface area contributed by atoms with Crippen LogP contribution in [0.25, 0.3) is 0 Å². The third-order valence-corrected chi connectivity index (χ3v) is 3.48. The van der Waals surface area contributed by atoms with E-state index >= 15 is 0 Å². The first kappa shape index (κ1) is 18.2. The van der Waals surface area contributed by atoms with Gasteiger partial charge in [0.1, 0.15) is 5.76 Å². The van der Waals surface area contributed by atoms with Crippen LogP contribution < -0.4 is 5.32 Å². The molecule has 1 aromatic carbocycles. The lowest BCUT2D eigenvalue weighted by atomic mass is 10.2. The van der Waals surface area contributed by atoms with Gasteiger partial charge in [0.2, 0.25) is 0 Å². The fourth-order valence-electron chi connectivity index (χ4n) is 2.26. The lowest BCUT2D eigenvalue weighted by Crippen LogP contribution is -2.29. The van der Waals surface area contributed by atoms with Gasteiger partial charge < -0.3 is 19.4 Å². The minimum atomic E-state index is -0.185. The van der Waals surface area contributed by atoms with Crippen LogP contribution in [0.3, 0.4) is 0 Å². The third-order valence-electron chi connectivity index (χ3n) is 3.48. The maximum absolute atomic E-state index is 12.1. The van der Waals surface area contributed by atoms with E-state index in [2.05, 4.69) is 5.32 Å². The van der Waals surface area contributed by atoms with Gasteiger partial charge in [-0.1, -0.05) is 37.3 Å². The summed E-state index contributed by atoms with van der Waals surface area (Å²) in [5.41, 5.74) is 1.15. The zero-order chi connectivity index (χ0) is 17.4. The van der Waals surface area contributed by atoms with Crippen LogP contribution in [0.1, 0.15) is 28.8 Å². The van der Waals surface area contributed by atoms with Gasteiger partial charge in [0, 0.05) is 6.54 Å². The zero-order valence-corrected chi connectivity index (χ0v) is 14.6. The van der Waals surface area contributed by atoms with Crippen molar-refractivity contribution in [1.29, 1.82) is 0 Å². The predicted molar refractivity (Wildman–Crippen MR) is 93.7 cm³/mol. The predicted octanol–water partition coefficient (Wildman–Crippen LogP) is 2.92. The highest BCUT2D eigenvalue weighted by atomic mass is 16.5. The highest BCUT2D eigenvalue weighted by molar-refractivity contribution is 5.91. The van der Waals surface area contributed by atoms with Crippen molar-refractivity contribution in [3.05, 3.63) is 59.5 Å². The average Bonchev–Trinajstić information content (AvgIpc) is 3.01. The molecule has 0 radical (unpaired) electrons. The Kier molecular flexibility index (Phi) is 7.03. The maximum atomic E-state index is 12.1. The van der Waals surface area contributed by atoms with Gasteiger partial charge in [-0.2, -0.15) is 0 Å². The van der Waals surface area contributed by atoms with E-state index in [9.17, 15) is 4.79 Å². The van der Waals surface area contributed by atoms with Crippen LogP contribution in [-0.2, 0) is 17.9 Å². The Balaban J connectivity index is 1.68. The molecule has 0 spiro atoms. The monoisotopic (exact) mass is 330 g/mol. The molecule has 1 heterocycles. The summed E-state index contributed by atoms with van der Waals surface area (Å²) in [5, 5.41) is 2.89. The lowest BCUT2D eigenvalue weighted by Gasteiger charge is -2.12. The number of carbonyl (C=O) groups is 1. The van der Waals surface area contributed by atoms with E-state index in [1.54, 1.807) is 6.07 Å². The van der Waals surface area contributed by atoms with E-state index in [1.165, 1.54) is 0 Å². The summed E-state index contributed by atoms with van der Waals surface area (Å²) in [6.07, 6.45) is 0. The summed E-state index contributed by atoms with van der Waals surface area (Å²) in [4.78, 5) is 14.1. The number of furan rings is 1. The molecule has 0 saturated heterocycles. The van der Waals surface area contributed by atoms with Crippen molar-refractivity contribution in [1.82, 2.24) is 10.2 Å². The Hall–Kier alpha value is -2.11. The number of nitrogens with zero attached hydrogens (tertiary/aromatic N) is 1. The molecule has 130 valence electrons. The Bertz CT molecular complexity index is 623. The smallest absolute Gasteiger partial charge is 0.287 e. The number of carbonyl (C=O) groups excluding carboxylic acids is 1. The number of nitrogens with one attached hydrogen (secondary N) is 1. The number of amides is 1. The van der Waals surface area contributed by atoms with E-state index in [-0.39, 0.29) is 11.8 Å². The number of hydrogen-bond donors (Lipinski definition) is 1. The Morgan fingerprint density at radius 1 is 1.21 bits per heavy atom. The van der Waals surface area contributed by atoms with Crippen molar-refractivity contribution in [2.24, 2.45) is 5.92 Å². The molecule has 5 nitrogen and oxygen atoms in total. The molecule has 0 unspecified atom stereocenters. The summed E-state index contributed by atoms with van der Waals surface area (Å²) >= 11 is 0. The molecule has 0 fully saturated rings. The fraction of sp³-hybridized carbons (Fsp3) is 0.421. The molecule has 0 bridgehead atoms.